The van der Waals surface area contributed by atoms with Crippen LogP contribution >= 0.6 is 11.3 Å². The zero-order chi connectivity index (χ0) is 20.2. The summed E-state index contributed by atoms with van der Waals surface area (Å²) in [6.45, 7) is 1.92. The standard InChI is InChI=1S/C23H20N2O3S/c1-15-7-10-17(11-8-15)28-14-22(26)24-19-13-16(9-12-20(19)27-2)23-25-18-5-3-4-6-21(18)29-23/h3-13H,14H2,1-2H3,(H,24,26). The molecule has 0 unspecified atom stereocenters. The van der Waals surface area contributed by atoms with E-state index in [0.717, 1.165) is 26.4 Å². The topological polar surface area (TPSA) is 60.5 Å². The number of aromatic nitrogens is 1. The summed E-state index contributed by atoms with van der Waals surface area (Å²) in [5.41, 5.74) is 3.60. The molecule has 0 saturated carbocycles. The van der Waals surface area contributed by atoms with Gasteiger partial charge in [-0.2, -0.15) is 0 Å². The molecule has 0 radical (unpaired) electrons. The number of nitrogens with one attached hydrogen (secondary N) is 1. The van der Waals surface area contributed by atoms with Crippen molar-refractivity contribution < 1.29 is 14.3 Å². The molecule has 4 rings (SSSR count). The molecule has 1 N–H and O–H groups in total. The summed E-state index contributed by atoms with van der Waals surface area (Å²) in [5, 5.41) is 3.76. The number of para-hydroxylation sites is 1. The summed E-state index contributed by atoms with van der Waals surface area (Å²) in [7, 11) is 1.57. The maximum atomic E-state index is 12.4. The van der Waals surface area contributed by atoms with Crippen molar-refractivity contribution in [1.82, 2.24) is 4.98 Å². The zero-order valence-electron chi connectivity index (χ0n) is 16.1. The molecular weight excluding hydrogens is 384 g/mol. The predicted molar refractivity (Wildman–Crippen MR) is 117 cm³/mol. The molecule has 0 aliphatic heterocycles. The number of ether oxygens (including phenoxy) is 2. The fourth-order valence-electron chi connectivity index (χ4n) is 2.90. The summed E-state index contributed by atoms with van der Waals surface area (Å²) < 4.78 is 12.1. The van der Waals surface area contributed by atoms with Crippen molar-refractivity contribution in [2.75, 3.05) is 19.0 Å². The lowest BCUT2D eigenvalue weighted by atomic mass is 10.2. The molecule has 0 fully saturated rings. The molecule has 0 spiro atoms. The van der Waals surface area contributed by atoms with Crippen LogP contribution < -0.4 is 14.8 Å². The minimum atomic E-state index is -0.259. The van der Waals surface area contributed by atoms with E-state index in [1.807, 2.05) is 73.7 Å². The number of methoxy groups -OCH3 is 1. The Kier molecular flexibility index (Phi) is 5.44. The van der Waals surface area contributed by atoms with E-state index >= 15 is 0 Å². The smallest absolute Gasteiger partial charge is 0.262 e. The van der Waals surface area contributed by atoms with Gasteiger partial charge in [-0.1, -0.05) is 29.8 Å². The summed E-state index contributed by atoms with van der Waals surface area (Å²) in [6, 6.07) is 21.2. The summed E-state index contributed by atoms with van der Waals surface area (Å²) >= 11 is 1.61. The SMILES string of the molecule is COc1ccc(-c2nc3ccccc3s2)cc1NC(=O)COc1ccc(C)cc1. The Bertz CT molecular complexity index is 1120. The van der Waals surface area contributed by atoms with E-state index < -0.39 is 0 Å². The second-order valence-corrected chi connectivity index (χ2v) is 7.58. The van der Waals surface area contributed by atoms with Gasteiger partial charge in [0, 0.05) is 5.56 Å². The number of hydrogen-bond donors (Lipinski definition) is 1. The first-order valence-electron chi connectivity index (χ1n) is 9.16. The van der Waals surface area contributed by atoms with Crippen LogP contribution in [0.25, 0.3) is 20.8 Å². The van der Waals surface area contributed by atoms with Crippen molar-refractivity contribution in [3.8, 4) is 22.1 Å². The van der Waals surface area contributed by atoms with Crippen molar-refractivity contribution in [3.63, 3.8) is 0 Å². The first-order chi connectivity index (χ1) is 14.1. The minimum Gasteiger partial charge on any atom is -0.495 e. The maximum absolute atomic E-state index is 12.4. The highest BCUT2D eigenvalue weighted by molar-refractivity contribution is 7.21. The summed E-state index contributed by atoms with van der Waals surface area (Å²) in [4.78, 5) is 17.1. The third-order valence-electron chi connectivity index (χ3n) is 4.41. The fourth-order valence-corrected chi connectivity index (χ4v) is 3.87. The highest BCUT2D eigenvalue weighted by Crippen LogP contribution is 2.34. The van der Waals surface area contributed by atoms with Crippen molar-refractivity contribution in [1.29, 1.82) is 0 Å². The lowest BCUT2D eigenvalue weighted by Gasteiger charge is -2.12. The highest BCUT2D eigenvalue weighted by Gasteiger charge is 2.12. The maximum Gasteiger partial charge on any atom is 0.262 e. The summed E-state index contributed by atoms with van der Waals surface area (Å²) in [5.74, 6) is 0.977. The van der Waals surface area contributed by atoms with Gasteiger partial charge in [0.1, 0.15) is 16.5 Å². The van der Waals surface area contributed by atoms with E-state index in [4.69, 9.17) is 9.47 Å². The molecule has 0 aliphatic rings. The molecule has 4 aromatic rings. The second kappa shape index (κ2) is 8.32. The van der Waals surface area contributed by atoms with Crippen LogP contribution in [0.1, 0.15) is 5.56 Å². The average Bonchev–Trinajstić information content (AvgIpc) is 3.17. The predicted octanol–water partition coefficient (Wildman–Crippen LogP) is 5.30. The number of benzene rings is 3. The van der Waals surface area contributed by atoms with Gasteiger partial charge in [-0.3, -0.25) is 4.79 Å². The van der Waals surface area contributed by atoms with Crippen LogP contribution in [0.5, 0.6) is 11.5 Å². The number of thiazole rings is 1. The van der Waals surface area contributed by atoms with E-state index in [0.29, 0.717) is 17.2 Å². The Labute approximate surface area is 172 Å². The molecule has 6 heteroatoms. The number of nitrogens with zero attached hydrogens (tertiary/aromatic N) is 1. The molecule has 1 heterocycles. The zero-order valence-corrected chi connectivity index (χ0v) is 17.0. The Balaban J connectivity index is 1.51. The third kappa shape index (κ3) is 4.38. The van der Waals surface area contributed by atoms with Gasteiger partial charge in [0.2, 0.25) is 0 Å². The Hall–Kier alpha value is -3.38. The molecule has 0 aliphatic carbocycles. The van der Waals surface area contributed by atoms with Crippen molar-refractivity contribution in [2.24, 2.45) is 0 Å². The molecule has 0 saturated heterocycles. The quantitative estimate of drug-likeness (QED) is 0.474. The molecule has 3 aromatic carbocycles. The molecule has 146 valence electrons. The number of anilines is 1. The lowest BCUT2D eigenvalue weighted by molar-refractivity contribution is -0.118. The highest BCUT2D eigenvalue weighted by atomic mass is 32.1. The molecule has 5 nitrogen and oxygen atoms in total. The van der Waals surface area contributed by atoms with Crippen LogP contribution in [-0.4, -0.2) is 24.6 Å². The van der Waals surface area contributed by atoms with Gasteiger partial charge in [-0.15, -0.1) is 11.3 Å². The lowest BCUT2D eigenvalue weighted by Crippen LogP contribution is -2.20. The first kappa shape index (κ1) is 19.0. The number of carbonyl (C=O) groups is 1. The molecule has 0 atom stereocenters. The van der Waals surface area contributed by atoms with Crippen molar-refractivity contribution >= 4 is 33.1 Å². The molecular formula is C23H20N2O3S. The number of hydrogen-bond acceptors (Lipinski definition) is 5. The van der Waals surface area contributed by atoms with Crippen molar-refractivity contribution in [2.45, 2.75) is 6.92 Å². The Morgan fingerprint density at radius 3 is 2.62 bits per heavy atom. The first-order valence-corrected chi connectivity index (χ1v) is 9.97. The van der Waals surface area contributed by atoms with E-state index in [2.05, 4.69) is 10.3 Å². The van der Waals surface area contributed by atoms with Crippen LogP contribution in [0.4, 0.5) is 5.69 Å². The van der Waals surface area contributed by atoms with Gasteiger partial charge in [-0.25, -0.2) is 4.98 Å². The normalized spacial score (nSPS) is 10.7. The fraction of sp³-hybridized carbons (Fsp3) is 0.130. The van der Waals surface area contributed by atoms with Gasteiger partial charge >= 0.3 is 0 Å². The van der Waals surface area contributed by atoms with Crippen LogP contribution in [0.2, 0.25) is 0 Å². The minimum absolute atomic E-state index is 0.0857. The molecule has 1 aromatic heterocycles. The molecule has 0 bridgehead atoms. The average molecular weight is 404 g/mol. The van der Waals surface area contributed by atoms with Crippen LogP contribution in [0, 0.1) is 6.92 Å². The number of fused-ring (bicyclic) bond motifs is 1. The number of amides is 1. The Morgan fingerprint density at radius 2 is 1.86 bits per heavy atom. The van der Waals surface area contributed by atoms with E-state index in [1.54, 1.807) is 18.4 Å². The number of aryl methyl sites for hydroxylation is 1. The third-order valence-corrected chi connectivity index (χ3v) is 5.49. The number of carbonyl (C=O) groups excluding carboxylic acids is 1. The summed E-state index contributed by atoms with van der Waals surface area (Å²) in [6.07, 6.45) is 0. The van der Waals surface area contributed by atoms with E-state index in [-0.39, 0.29) is 12.5 Å². The van der Waals surface area contributed by atoms with E-state index in [9.17, 15) is 4.79 Å². The van der Waals surface area contributed by atoms with Crippen LogP contribution in [0.3, 0.4) is 0 Å². The number of rotatable bonds is 6. The van der Waals surface area contributed by atoms with Crippen LogP contribution in [0.15, 0.2) is 66.7 Å². The van der Waals surface area contributed by atoms with Crippen LogP contribution in [-0.2, 0) is 4.79 Å². The second-order valence-electron chi connectivity index (χ2n) is 6.55. The monoisotopic (exact) mass is 404 g/mol. The molecule has 29 heavy (non-hydrogen) atoms. The molecule has 1 amide bonds. The van der Waals surface area contributed by atoms with Crippen molar-refractivity contribution in [3.05, 3.63) is 72.3 Å². The van der Waals surface area contributed by atoms with Gasteiger partial charge in [-0.05, 0) is 49.4 Å². The van der Waals surface area contributed by atoms with Gasteiger partial charge in [0.15, 0.2) is 6.61 Å². The van der Waals surface area contributed by atoms with Gasteiger partial charge < -0.3 is 14.8 Å². The Morgan fingerprint density at radius 1 is 1.07 bits per heavy atom. The van der Waals surface area contributed by atoms with E-state index in [1.165, 1.54) is 0 Å². The largest absolute Gasteiger partial charge is 0.495 e. The van der Waals surface area contributed by atoms with Gasteiger partial charge in [0.25, 0.3) is 5.91 Å². The van der Waals surface area contributed by atoms with Gasteiger partial charge in [0.05, 0.1) is 23.0 Å².